The van der Waals surface area contributed by atoms with Gasteiger partial charge in [0, 0.05) is 37.1 Å². The first-order chi connectivity index (χ1) is 9.04. The average Bonchev–Trinajstić information content (AvgIpc) is 2.65. The maximum Gasteiger partial charge on any atom is 0.0562 e. The summed E-state index contributed by atoms with van der Waals surface area (Å²) in [6.07, 6.45) is 7.33. The molecule has 106 valence electrons. The Morgan fingerprint density at radius 1 is 1.16 bits per heavy atom. The molecule has 1 fully saturated rings. The van der Waals surface area contributed by atoms with Crippen molar-refractivity contribution in [3.05, 3.63) is 24.0 Å². The number of anilines is 1. The zero-order valence-corrected chi connectivity index (χ0v) is 12.6. The quantitative estimate of drug-likeness (QED) is 0.904. The van der Waals surface area contributed by atoms with E-state index in [-0.39, 0.29) is 5.54 Å². The Bertz CT molecular complexity index is 387. The summed E-state index contributed by atoms with van der Waals surface area (Å²) in [5.74, 6) is 0. The molecular formula is C16H27N3. The zero-order chi connectivity index (χ0) is 13.7. The highest BCUT2D eigenvalue weighted by Crippen LogP contribution is 2.19. The van der Waals surface area contributed by atoms with Gasteiger partial charge in [0.1, 0.15) is 0 Å². The van der Waals surface area contributed by atoms with Crippen LogP contribution in [0.4, 0.5) is 5.69 Å². The average molecular weight is 261 g/mol. The molecule has 0 spiro atoms. The molecule has 0 aromatic carbocycles. The first-order valence-electron chi connectivity index (χ1n) is 7.49. The van der Waals surface area contributed by atoms with Gasteiger partial charge in [-0.05, 0) is 45.7 Å². The first kappa shape index (κ1) is 14.3. The molecule has 0 saturated carbocycles. The summed E-state index contributed by atoms with van der Waals surface area (Å²) in [4.78, 5) is 6.98. The van der Waals surface area contributed by atoms with Gasteiger partial charge in [0.15, 0.2) is 0 Å². The van der Waals surface area contributed by atoms with E-state index >= 15 is 0 Å². The van der Waals surface area contributed by atoms with Crippen LogP contribution in [0.2, 0.25) is 0 Å². The lowest BCUT2D eigenvalue weighted by molar-refractivity contribution is 0.421. The van der Waals surface area contributed by atoms with E-state index in [0.29, 0.717) is 0 Å². The normalized spacial score (nSPS) is 17.3. The molecule has 1 aliphatic rings. The number of nitrogens with one attached hydrogen (secondary N) is 1. The molecule has 0 radical (unpaired) electrons. The highest BCUT2D eigenvalue weighted by molar-refractivity contribution is 5.46. The number of pyridine rings is 1. The minimum absolute atomic E-state index is 0.139. The van der Waals surface area contributed by atoms with Crippen LogP contribution in [0.15, 0.2) is 18.3 Å². The maximum atomic E-state index is 4.47. The second kappa shape index (κ2) is 6.38. The van der Waals surface area contributed by atoms with Crippen molar-refractivity contribution < 1.29 is 0 Å². The Balaban J connectivity index is 2.01. The van der Waals surface area contributed by atoms with Crippen molar-refractivity contribution in [2.75, 3.05) is 18.0 Å². The van der Waals surface area contributed by atoms with E-state index in [2.05, 4.69) is 48.1 Å². The molecule has 1 aliphatic heterocycles. The van der Waals surface area contributed by atoms with Gasteiger partial charge in [-0.3, -0.25) is 4.98 Å². The molecular weight excluding hydrogens is 234 g/mol. The Labute approximate surface area is 117 Å². The highest BCUT2D eigenvalue weighted by atomic mass is 15.1. The molecule has 1 N–H and O–H groups in total. The molecule has 2 heterocycles. The third-order valence-corrected chi connectivity index (χ3v) is 3.57. The van der Waals surface area contributed by atoms with Crippen LogP contribution in [0.1, 0.15) is 52.1 Å². The fourth-order valence-electron chi connectivity index (χ4n) is 2.44. The van der Waals surface area contributed by atoms with Gasteiger partial charge >= 0.3 is 0 Å². The van der Waals surface area contributed by atoms with Crippen molar-refractivity contribution in [2.45, 2.75) is 58.5 Å². The van der Waals surface area contributed by atoms with Crippen LogP contribution in [0.5, 0.6) is 0 Å². The fourth-order valence-corrected chi connectivity index (χ4v) is 2.44. The molecule has 0 bridgehead atoms. The van der Waals surface area contributed by atoms with Crippen LogP contribution in [-0.4, -0.2) is 23.6 Å². The van der Waals surface area contributed by atoms with Crippen LogP contribution in [-0.2, 0) is 6.54 Å². The summed E-state index contributed by atoms with van der Waals surface area (Å²) in [7, 11) is 0. The van der Waals surface area contributed by atoms with Gasteiger partial charge in [-0.25, -0.2) is 0 Å². The molecule has 2 rings (SSSR count). The van der Waals surface area contributed by atoms with Gasteiger partial charge in [0.2, 0.25) is 0 Å². The second-order valence-electron chi connectivity index (χ2n) is 6.51. The van der Waals surface area contributed by atoms with Crippen molar-refractivity contribution in [1.82, 2.24) is 10.3 Å². The number of nitrogens with zero attached hydrogens (tertiary/aromatic N) is 2. The molecule has 3 nitrogen and oxygen atoms in total. The van der Waals surface area contributed by atoms with E-state index in [9.17, 15) is 0 Å². The SMILES string of the molecule is CC(C)(C)NCc1cc(N2CCCCCC2)ccn1. The Morgan fingerprint density at radius 3 is 2.47 bits per heavy atom. The van der Waals surface area contributed by atoms with Crippen molar-refractivity contribution in [1.29, 1.82) is 0 Å². The molecule has 0 unspecified atom stereocenters. The van der Waals surface area contributed by atoms with Crippen LogP contribution in [0, 0.1) is 0 Å². The molecule has 0 atom stereocenters. The van der Waals surface area contributed by atoms with Gasteiger partial charge in [-0.1, -0.05) is 12.8 Å². The zero-order valence-electron chi connectivity index (χ0n) is 12.6. The topological polar surface area (TPSA) is 28.2 Å². The summed E-state index contributed by atoms with van der Waals surface area (Å²) >= 11 is 0. The number of hydrogen-bond donors (Lipinski definition) is 1. The van der Waals surface area contributed by atoms with Crippen LogP contribution < -0.4 is 10.2 Å². The van der Waals surface area contributed by atoms with Crippen molar-refractivity contribution in [3.63, 3.8) is 0 Å². The van der Waals surface area contributed by atoms with E-state index in [1.165, 1.54) is 44.5 Å². The van der Waals surface area contributed by atoms with E-state index < -0.39 is 0 Å². The minimum atomic E-state index is 0.139. The Hall–Kier alpha value is -1.09. The van der Waals surface area contributed by atoms with Crippen molar-refractivity contribution in [2.24, 2.45) is 0 Å². The summed E-state index contributed by atoms with van der Waals surface area (Å²) in [5, 5.41) is 3.50. The predicted molar refractivity (Wildman–Crippen MR) is 81.5 cm³/mol. The third-order valence-electron chi connectivity index (χ3n) is 3.57. The molecule has 0 aliphatic carbocycles. The van der Waals surface area contributed by atoms with Gasteiger partial charge in [-0.2, -0.15) is 0 Å². The lowest BCUT2D eigenvalue weighted by Crippen LogP contribution is -2.35. The summed E-state index contributed by atoms with van der Waals surface area (Å²) in [6.45, 7) is 9.78. The number of rotatable bonds is 3. The molecule has 1 saturated heterocycles. The van der Waals surface area contributed by atoms with Gasteiger partial charge in [0.05, 0.1) is 5.69 Å². The fraction of sp³-hybridized carbons (Fsp3) is 0.688. The molecule has 3 heteroatoms. The standard InChI is InChI=1S/C16H27N3/c1-16(2,3)18-13-14-12-15(8-9-17-14)19-10-6-4-5-7-11-19/h8-9,12,18H,4-7,10-11,13H2,1-3H3. The molecule has 1 aromatic heterocycles. The summed E-state index contributed by atoms with van der Waals surface area (Å²) < 4.78 is 0. The van der Waals surface area contributed by atoms with E-state index in [0.717, 1.165) is 12.2 Å². The lowest BCUT2D eigenvalue weighted by Gasteiger charge is -2.24. The van der Waals surface area contributed by atoms with Gasteiger partial charge in [0.25, 0.3) is 0 Å². The van der Waals surface area contributed by atoms with Crippen LogP contribution in [0.3, 0.4) is 0 Å². The van der Waals surface area contributed by atoms with E-state index in [1.54, 1.807) is 0 Å². The highest BCUT2D eigenvalue weighted by Gasteiger charge is 2.12. The van der Waals surface area contributed by atoms with Gasteiger partial charge in [-0.15, -0.1) is 0 Å². The molecule has 1 aromatic rings. The predicted octanol–water partition coefficient (Wildman–Crippen LogP) is 3.35. The molecule has 0 amide bonds. The Morgan fingerprint density at radius 2 is 1.84 bits per heavy atom. The summed E-state index contributed by atoms with van der Waals surface area (Å²) in [6, 6.07) is 4.38. The van der Waals surface area contributed by atoms with Gasteiger partial charge < -0.3 is 10.2 Å². The van der Waals surface area contributed by atoms with E-state index in [1.807, 2.05) is 6.20 Å². The van der Waals surface area contributed by atoms with Crippen molar-refractivity contribution in [3.8, 4) is 0 Å². The Kier molecular flexibility index (Phi) is 4.81. The third kappa shape index (κ3) is 4.83. The monoisotopic (exact) mass is 261 g/mol. The number of hydrogen-bond acceptors (Lipinski definition) is 3. The number of aromatic nitrogens is 1. The smallest absolute Gasteiger partial charge is 0.0562 e. The largest absolute Gasteiger partial charge is 0.371 e. The van der Waals surface area contributed by atoms with Crippen LogP contribution in [0.25, 0.3) is 0 Å². The molecule has 19 heavy (non-hydrogen) atoms. The van der Waals surface area contributed by atoms with Crippen molar-refractivity contribution >= 4 is 5.69 Å². The lowest BCUT2D eigenvalue weighted by atomic mass is 10.1. The first-order valence-corrected chi connectivity index (χ1v) is 7.49. The van der Waals surface area contributed by atoms with Crippen LogP contribution >= 0.6 is 0 Å². The minimum Gasteiger partial charge on any atom is -0.371 e. The summed E-state index contributed by atoms with van der Waals surface area (Å²) in [5.41, 5.74) is 2.61. The second-order valence-corrected chi connectivity index (χ2v) is 6.51. The van der Waals surface area contributed by atoms with E-state index in [4.69, 9.17) is 0 Å². The maximum absolute atomic E-state index is 4.47.